The Kier molecular flexibility index (Phi) is 4.76. The lowest BCUT2D eigenvalue weighted by atomic mass is 10.0. The average molecular weight is 349 g/mol. The second kappa shape index (κ2) is 6.66. The lowest BCUT2D eigenvalue weighted by Gasteiger charge is -2.46. The zero-order chi connectivity index (χ0) is 17.2. The summed E-state index contributed by atoms with van der Waals surface area (Å²) in [6.45, 7) is 5.73. The number of rotatable bonds is 7. The minimum atomic E-state index is -3.53. The van der Waals surface area contributed by atoms with Gasteiger partial charge in [0.15, 0.2) is 5.03 Å². The van der Waals surface area contributed by atoms with Crippen molar-refractivity contribution in [3.8, 4) is 0 Å². The molecule has 2 heterocycles. The van der Waals surface area contributed by atoms with Gasteiger partial charge in [-0.1, -0.05) is 30.3 Å². The molecule has 0 bridgehead atoms. The van der Waals surface area contributed by atoms with Gasteiger partial charge >= 0.3 is 0 Å². The molecule has 1 aliphatic rings. The van der Waals surface area contributed by atoms with E-state index in [2.05, 4.69) is 5.10 Å². The summed E-state index contributed by atoms with van der Waals surface area (Å²) in [5, 5.41) is 4.44. The average Bonchev–Trinajstić information content (AvgIpc) is 3.01. The highest BCUT2D eigenvalue weighted by Crippen LogP contribution is 2.30. The van der Waals surface area contributed by atoms with Crippen molar-refractivity contribution in [2.45, 2.75) is 37.4 Å². The van der Waals surface area contributed by atoms with E-state index in [1.165, 1.54) is 4.31 Å². The summed E-state index contributed by atoms with van der Waals surface area (Å²) in [6.07, 6.45) is 2.28. The summed E-state index contributed by atoms with van der Waals surface area (Å²) in [6, 6.07) is 11.5. The first-order chi connectivity index (χ1) is 11.4. The van der Waals surface area contributed by atoms with Gasteiger partial charge in [-0.05, 0) is 31.9 Å². The van der Waals surface area contributed by atoms with Gasteiger partial charge in [0.2, 0.25) is 0 Å². The molecule has 0 aliphatic carbocycles. The van der Waals surface area contributed by atoms with Crippen LogP contribution in [0.2, 0.25) is 0 Å². The minimum absolute atomic E-state index is 0.247. The topological polar surface area (TPSA) is 64.4 Å². The molecule has 130 valence electrons. The molecule has 0 spiro atoms. The first kappa shape index (κ1) is 17.1. The Morgan fingerprint density at radius 2 is 1.92 bits per heavy atom. The molecule has 6 nitrogen and oxygen atoms in total. The Morgan fingerprint density at radius 1 is 1.21 bits per heavy atom. The summed E-state index contributed by atoms with van der Waals surface area (Å²) in [5.74, 6) is 0. The largest absolute Gasteiger partial charge is 0.373 e. The normalized spacial score (nSPS) is 17.6. The minimum Gasteiger partial charge on any atom is -0.373 e. The van der Waals surface area contributed by atoms with Crippen molar-refractivity contribution < 1.29 is 13.2 Å². The van der Waals surface area contributed by atoms with Crippen molar-refractivity contribution in [2.75, 3.05) is 19.7 Å². The van der Waals surface area contributed by atoms with E-state index >= 15 is 0 Å². The molecule has 1 aromatic heterocycles. The van der Waals surface area contributed by atoms with Gasteiger partial charge < -0.3 is 4.74 Å². The van der Waals surface area contributed by atoms with Crippen LogP contribution in [0.5, 0.6) is 0 Å². The highest BCUT2D eigenvalue weighted by atomic mass is 32.2. The monoisotopic (exact) mass is 349 g/mol. The lowest BCUT2D eigenvalue weighted by Crippen LogP contribution is -2.63. The fourth-order valence-corrected chi connectivity index (χ4v) is 4.82. The number of ether oxygens (including phenoxy) is 1. The number of aryl methyl sites for hydroxylation is 2. The van der Waals surface area contributed by atoms with Crippen LogP contribution in [0.3, 0.4) is 0 Å². The number of nitrogens with zero attached hydrogens (tertiary/aromatic N) is 3. The highest BCUT2D eigenvalue weighted by molar-refractivity contribution is 7.89. The van der Waals surface area contributed by atoms with Gasteiger partial charge in [-0.25, -0.2) is 8.42 Å². The first-order valence-corrected chi connectivity index (χ1v) is 9.58. The van der Waals surface area contributed by atoms with Crippen molar-refractivity contribution in [1.29, 1.82) is 0 Å². The van der Waals surface area contributed by atoms with Crippen molar-refractivity contribution >= 4 is 10.0 Å². The van der Waals surface area contributed by atoms with Gasteiger partial charge in [-0.15, -0.1) is 0 Å². The van der Waals surface area contributed by atoms with Crippen LogP contribution in [0.4, 0.5) is 0 Å². The Hall–Kier alpha value is -1.70. The predicted octanol–water partition coefficient (Wildman–Crippen LogP) is 1.93. The third-order valence-corrected chi connectivity index (χ3v) is 6.06. The smallest absolute Gasteiger partial charge is 0.260 e. The van der Waals surface area contributed by atoms with Crippen LogP contribution in [0.25, 0.3) is 0 Å². The van der Waals surface area contributed by atoms with Crippen molar-refractivity contribution in [3.05, 3.63) is 48.2 Å². The van der Waals surface area contributed by atoms with Crippen LogP contribution in [-0.2, 0) is 27.7 Å². The molecule has 1 aliphatic heterocycles. The maximum atomic E-state index is 12.8. The zero-order valence-electron chi connectivity index (χ0n) is 14.1. The molecule has 1 saturated heterocycles. The first-order valence-electron chi connectivity index (χ1n) is 8.14. The van der Waals surface area contributed by atoms with Gasteiger partial charge in [0.1, 0.15) is 0 Å². The molecular formula is C17H23N3O3S. The van der Waals surface area contributed by atoms with E-state index in [-0.39, 0.29) is 10.6 Å². The van der Waals surface area contributed by atoms with Crippen LogP contribution < -0.4 is 0 Å². The van der Waals surface area contributed by atoms with E-state index in [1.807, 2.05) is 44.2 Å². The molecule has 0 atom stereocenters. The molecule has 1 aromatic carbocycles. The predicted molar refractivity (Wildman–Crippen MR) is 91.2 cm³/mol. The van der Waals surface area contributed by atoms with Crippen LogP contribution in [-0.4, -0.2) is 47.8 Å². The number of hydrogen-bond acceptors (Lipinski definition) is 4. The Balaban J connectivity index is 1.70. The standard InChI is InChI=1S/C17H23N3O3S/c1-3-23-17(2)13-19(14-17)24(21,22)16-9-11-18-20(16)12-10-15-7-5-4-6-8-15/h4-9,11H,3,10,12-14H2,1-2H3. The Morgan fingerprint density at radius 3 is 2.58 bits per heavy atom. The second-order valence-electron chi connectivity index (χ2n) is 6.28. The fraction of sp³-hybridized carbons (Fsp3) is 0.471. The van der Waals surface area contributed by atoms with E-state index in [0.717, 1.165) is 12.0 Å². The molecule has 2 aromatic rings. The van der Waals surface area contributed by atoms with Gasteiger partial charge in [0.05, 0.1) is 11.8 Å². The fourth-order valence-electron chi connectivity index (χ4n) is 3.03. The van der Waals surface area contributed by atoms with E-state index in [1.54, 1.807) is 16.9 Å². The lowest BCUT2D eigenvalue weighted by molar-refractivity contribution is -0.0980. The molecule has 24 heavy (non-hydrogen) atoms. The molecule has 0 saturated carbocycles. The van der Waals surface area contributed by atoms with Crippen molar-refractivity contribution in [1.82, 2.24) is 14.1 Å². The second-order valence-corrected chi connectivity index (χ2v) is 8.17. The molecule has 0 amide bonds. The Labute approximate surface area is 143 Å². The summed E-state index contributed by atoms with van der Waals surface area (Å²) >= 11 is 0. The maximum Gasteiger partial charge on any atom is 0.260 e. The van der Waals surface area contributed by atoms with Crippen molar-refractivity contribution in [2.24, 2.45) is 0 Å². The van der Waals surface area contributed by atoms with Crippen LogP contribution >= 0.6 is 0 Å². The zero-order valence-corrected chi connectivity index (χ0v) is 14.9. The van der Waals surface area contributed by atoms with E-state index in [0.29, 0.717) is 26.2 Å². The SMILES string of the molecule is CCOC1(C)CN(S(=O)(=O)c2ccnn2CCc2ccccc2)C1. The van der Waals surface area contributed by atoms with Crippen LogP contribution in [0.1, 0.15) is 19.4 Å². The van der Waals surface area contributed by atoms with Gasteiger partial charge in [0, 0.05) is 26.2 Å². The third-order valence-electron chi connectivity index (χ3n) is 4.25. The van der Waals surface area contributed by atoms with Crippen LogP contribution in [0.15, 0.2) is 47.6 Å². The number of aromatic nitrogens is 2. The third kappa shape index (κ3) is 3.38. The molecule has 1 fully saturated rings. The summed E-state index contributed by atoms with van der Waals surface area (Å²) < 4.78 is 34.3. The van der Waals surface area contributed by atoms with E-state index in [4.69, 9.17) is 4.74 Å². The summed E-state index contributed by atoms with van der Waals surface area (Å²) in [7, 11) is -3.53. The quantitative estimate of drug-likeness (QED) is 0.766. The summed E-state index contributed by atoms with van der Waals surface area (Å²) in [4.78, 5) is 0. The van der Waals surface area contributed by atoms with Gasteiger partial charge in [0.25, 0.3) is 10.0 Å². The molecule has 0 radical (unpaired) electrons. The molecule has 7 heteroatoms. The van der Waals surface area contributed by atoms with Gasteiger partial charge in [-0.2, -0.15) is 9.40 Å². The highest BCUT2D eigenvalue weighted by Gasteiger charge is 2.46. The van der Waals surface area contributed by atoms with Gasteiger partial charge in [-0.3, -0.25) is 4.68 Å². The van der Waals surface area contributed by atoms with E-state index in [9.17, 15) is 8.42 Å². The maximum absolute atomic E-state index is 12.8. The number of hydrogen-bond donors (Lipinski definition) is 0. The molecule has 0 N–H and O–H groups in total. The van der Waals surface area contributed by atoms with E-state index < -0.39 is 10.0 Å². The number of benzene rings is 1. The molecule has 3 rings (SSSR count). The number of sulfonamides is 1. The Bertz CT molecular complexity index is 780. The van der Waals surface area contributed by atoms with Crippen molar-refractivity contribution in [3.63, 3.8) is 0 Å². The van der Waals surface area contributed by atoms with Crippen LogP contribution in [0, 0.1) is 0 Å². The molecule has 0 unspecified atom stereocenters. The molecular weight excluding hydrogens is 326 g/mol. The summed E-state index contributed by atoms with van der Waals surface area (Å²) in [5.41, 5.74) is 0.778.